The van der Waals surface area contributed by atoms with E-state index >= 15 is 0 Å². The van der Waals surface area contributed by atoms with E-state index in [0.29, 0.717) is 11.3 Å². The van der Waals surface area contributed by atoms with Gasteiger partial charge in [0, 0.05) is 33.1 Å². The highest BCUT2D eigenvalue weighted by Crippen LogP contribution is 2.24. The third-order valence-corrected chi connectivity index (χ3v) is 4.54. The molecule has 5 heteroatoms. The van der Waals surface area contributed by atoms with Gasteiger partial charge in [0.05, 0.1) is 0 Å². The number of hydrogen-bond acceptors (Lipinski definition) is 3. The molecule has 1 atom stereocenters. The Morgan fingerprint density at radius 1 is 0.962 bits per heavy atom. The van der Waals surface area contributed by atoms with Crippen LogP contribution in [0.2, 0.25) is 0 Å². The van der Waals surface area contributed by atoms with E-state index in [2.05, 4.69) is 9.97 Å². The summed E-state index contributed by atoms with van der Waals surface area (Å²) in [4.78, 5) is 31.5. The minimum Gasteiger partial charge on any atom is -0.450 e. The number of nitrogens with one attached hydrogen (secondary N) is 2. The van der Waals surface area contributed by atoms with Crippen LogP contribution in [0.3, 0.4) is 0 Å². The van der Waals surface area contributed by atoms with Gasteiger partial charge < -0.3 is 14.7 Å². The van der Waals surface area contributed by atoms with Crippen LogP contribution < -0.4 is 0 Å². The molecule has 0 saturated heterocycles. The van der Waals surface area contributed by atoms with Crippen molar-refractivity contribution < 1.29 is 14.3 Å². The molecule has 2 aromatic heterocycles. The number of aryl methyl sites for hydroxylation is 1. The number of esters is 1. The number of benzene rings is 2. The van der Waals surface area contributed by atoms with E-state index in [4.69, 9.17) is 4.74 Å². The predicted octanol–water partition coefficient (Wildman–Crippen LogP) is 4.39. The molecule has 0 fully saturated rings. The second kappa shape index (κ2) is 6.19. The van der Waals surface area contributed by atoms with E-state index in [9.17, 15) is 9.59 Å². The summed E-state index contributed by atoms with van der Waals surface area (Å²) in [5.41, 5.74) is 3.41. The lowest BCUT2D eigenvalue weighted by Crippen LogP contribution is -2.25. The van der Waals surface area contributed by atoms with Crippen LogP contribution in [0.25, 0.3) is 21.8 Å². The summed E-state index contributed by atoms with van der Waals surface area (Å²) >= 11 is 0. The highest BCUT2D eigenvalue weighted by atomic mass is 16.5. The molecule has 0 saturated carbocycles. The number of fused-ring (bicyclic) bond motifs is 2. The normalized spacial score (nSPS) is 12.4. The van der Waals surface area contributed by atoms with Crippen molar-refractivity contribution in [3.63, 3.8) is 0 Å². The van der Waals surface area contributed by atoms with Crippen LogP contribution in [0, 0.1) is 6.92 Å². The molecule has 2 N–H and O–H groups in total. The second-order valence-corrected chi connectivity index (χ2v) is 6.35. The smallest absolute Gasteiger partial charge is 0.355 e. The maximum absolute atomic E-state index is 12.9. The first-order valence-electron chi connectivity index (χ1n) is 8.45. The number of hydrogen-bond donors (Lipinski definition) is 2. The number of aromatic amines is 2. The van der Waals surface area contributed by atoms with Crippen molar-refractivity contribution in [2.24, 2.45) is 0 Å². The van der Waals surface area contributed by atoms with Gasteiger partial charge in [0.1, 0.15) is 5.69 Å². The fourth-order valence-corrected chi connectivity index (χ4v) is 3.26. The van der Waals surface area contributed by atoms with Crippen LogP contribution in [0.15, 0.2) is 54.6 Å². The molecule has 0 aliphatic carbocycles. The molecule has 0 unspecified atom stereocenters. The number of para-hydroxylation sites is 2. The Bertz CT molecular complexity index is 1100. The minimum absolute atomic E-state index is 0.218. The summed E-state index contributed by atoms with van der Waals surface area (Å²) < 4.78 is 5.42. The zero-order chi connectivity index (χ0) is 18.3. The lowest BCUT2D eigenvalue weighted by molar-refractivity contribution is 0.0314. The van der Waals surface area contributed by atoms with Gasteiger partial charge in [0.15, 0.2) is 6.10 Å². The number of ether oxygens (including phenoxy) is 1. The molecule has 2 aromatic carbocycles. The van der Waals surface area contributed by atoms with E-state index < -0.39 is 12.1 Å². The zero-order valence-corrected chi connectivity index (χ0v) is 14.5. The standard InChI is InChI=1S/C21H18N2O3/c1-12-19(15-8-4-6-10-17(15)22-12)20(24)13(2)26-21(25)18-11-14-7-3-5-9-16(14)23-18/h3-11,13,22-23H,1-2H3/t13-/m0/s1. The summed E-state index contributed by atoms with van der Waals surface area (Å²) in [5.74, 6) is -0.760. The Morgan fingerprint density at radius 2 is 1.65 bits per heavy atom. The number of carbonyl (C=O) groups is 2. The van der Waals surface area contributed by atoms with E-state index in [1.54, 1.807) is 13.0 Å². The first-order valence-corrected chi connectivity index (χ1v) is 8.45. The van der Waals surface area contributed by atoms with Gasteiger partial charge in [-0.25, -0.2) is 4.79 Å². The van der Waals surface area contributed by atoms with Gasteiger partial charge in [-0.1, -0.05) is 36.4 Å². The summed E-state index contributed by atoms with van der Waals surface area (Å²) in [6, 6.07) is 16.9. The zero-order valence-electron chi connectivity index (χ0n) is 14.5. The number of aromatic nitrogens is 2. The van der Waals surface area contributed by atoms with Crippen molar-refractivity contribution in [1.82, 2.24) is 9.97 Å². The largest absolute Gasteiger partial charge is 0.450 e. The molecule has 2 heterocycles. The van der Waals surface area contributed by atoms with Gasteiger partial charge in [0.25, 0.3) is 0 Å². The molecule has 0 spiro atoms. The maximum atomic E-state index is 12.9. The van der Waals surface area contributed by atoms with Gasteiger partial charge in [-0.3, -0.25) is 4.79 Å². The third kappa shape index (κ3) is 2.67. The highest BCUT2D eigenvalue weighted by Gasteiger charge is 2.25. The fraction of sp³-hybridized carbons (Fsp3) is 0.143. The Hall–Kier alpha value is -3.34. The molecule has 4 aromatic rings. The molecule has 0 amide bonds. The van der Waals surface area contributed by atoms with Gasteiger partial charge in [-0.2, -0.15) is 0 Å². The highest BCUT2D eigenvalue weighted by molar-refractivity contribution is 6.11. The Balaban J connectivity index is 1.58. The van der Waals surface area contributed by atoms with Crippen LogP contribution in [0.1, 0.15) is 33.5 Å². The fourth-order valence-electron chi connectivity index (χ4n) is 3.26. The van der Waals surface area contributed by atoms with E-state index in [-0.39, 0.29) is 5.78 Å². The van der Waals surface area contributed by atoms with Crippen LogP contribution in [0.4, 0.5) is 0 Å². The number of H-pyrrole nitrogens is 2. The van der Waals surface area contributed by atoms with Crippen molar-refractivity contribution in [2.45, 2.75) is 20.0 Å². The van der Waals surface area contributed by atoms with Gasteiger partial charge in [-0.05, 0) is 32.0 Å². The average Bonchev–Trinajstić information content (AvgIpc) is 3.21. The van der Waals surface area contributed by atoms with Crippen LogP contribution in [-0.4, -0.2) is 27.8 Å². The monoisotopic (exact) mass is 346 g/mol. The molecule has 26 heavy (non-hydrogen) atoms. The van der Waals surface area contributed by atoms with Crippen LogP contribution >= 0.6 is 0 Å². The van der Waals surface area contributed by atoms with Crippen LogP contribution in [0.5, 0.6) is 0 Å². The van der Waals surface area contributed by atoms with Gasteiger partial charge in [-0.15, -0.1) is 0 Å². The Kier molecular flexibility index (Phi) is 3.84. The molecule has 130 valence electrons. The topological polar surface area (TPSA) is 75.0 Å². The summed E-state index contributed by atoms with van der Waals surface area (Å²) in [5, 5.41) is 1.76. The van der Waals surface area contributed by atoms with Gasteiger partial charge in [0.2, 0.25) is 5.78 Å². The molecular weight excluding hydrogens is 328 g/mol. The average molecular weight is 346 g/mol. The van der Waals surface area contributed by atoms with Crippen molar-refractivity contribution in [2.75, 3.05) is 0 Å². The molecular formula is C21H18N2O3. The van der Waals surface area contributed by atoms with E-state index in [1.807, 2.05) is 55.5 Å². The van der Waals surface area contributed by atoms with Crippen molar-refractivity contribution >= 4 is 33.6 Å². The Labute approximate surface area is 150 Å². The Morgan fingerprint density at radius 3 is 2.42 bits per heavy atom. The SMILES string of the molecule is Cc1[nH]c2ccccc2c1C(=O)[C@H](C)OC(=O)c1cc2ccccc2[nH]1. The maximum Gasteiger partial charge on any atom is 0.355 e. The number of ketones is 1. The first kappa shape index (κ1) is 16.1. The molecule has 0 aliphatic heterocycles. The van der Waals surface area contributed by atoms with Crippen molar-refractivity contribution in [3.05, 3.63) is 71.5 Å². The summed E-state index contributed by atoms with van der Waals surface area (Å²) in [6.45, 7) is 3.45. The lowest BCUT2D eigenvalue weighted by Gasteiger charge is -2.12. The summed E-state index contributed by atoms with van der Waals surface area (Å²) in [6.07, 6.45) is -0.883. The lowest BCUT2D eigenvalue weighted by atomic mass is 10.0. The second-order valence-electron chi connectivity index (χ2n) is 6.35. The van der Waals surface area contributed by atoms with E-state index in [0.717, 1.165) is 27.5 Å². The predicted molar refractivity (Wildman–Crippen MR) is 101 cm³/mol. The quantitative estimate of drug-likeness (QED) is 0.425. The van der Waals surface area contributed by atoms with E-state index in [1.165, 1.54) is 0 Å². The molecule has 5 nitrogen and oxygen atoms in total. The minimum atomic E-state index is -0.883. The van der Waals surface area contributed by atoms with Crippen LogP contribution in [-0.2, 0) is 4.74 Å². The first-order chi connectivity index (χ1) is 12.5. The molecule has 0 radical (unpaired) electrons. The van der Waals surface area contributed by atoms with Gasteiger partial charge >= 0.3 is 5.97 Å². The summed E-state index contributed by atoms with van der Waals surface area (Å²) in [7, 11) is 0. The number of Topliss-reactive ketones (excluding diaryl/α,β-unsaturated/α-hetero) is 1. The number of carbonyl (C=O) groups excluding carboxylic acids is 2. The number of rotatable bonds is 4. The van der Waals surface area contributed by atoms with Crippen molar-refractivity contribution in [1.29, 1.82) is 0 Å². The molecule has 0 bridgehead atoms. The molecule has 4 rings (SSSR count). The molecule has 0 aliphatic rings. The third-order valence-electron chi connectivity index (χ3n) is 4.54. The van der Waals surface area contributed by atoms with Crippen molar-refractivity contribution in [3.8, 4) is 0 Å².